The fourth-order valence-corrected chi connectivity index (χ4v) is 2.60. The van der Waals surface area contributed by atoms with Crippen LogP contribution in [0.25, 0.3) is 11.2 Å². The predicted molar refractivity (Wildman–Crippen MR) is 92.7 cm³/mol. The summed E-state index contributed by atoms with van der Waals surface area (Å²) in [5.41, 5.74) is 2.01. The van der Waals surface area contributed by atoms with Crippen molar-refractivity contribution in [2.45, 2.75) is 0 Å². The van der Waals surface area contributed by atoms with Gasteiger partial charge in [-0.15, -0.1) is 0 Å². The molecule has 0 aliphatic carbocycles. The molecule has 24 heavy (non-hydrogen) atoms. The van der Waals surface area contributed by atoms with Crippen LogP contribution in [0.15, 0.2) is 89.9 Å². The van der Waals surface area contributed by atoms with Gasteiger partial charge in [0.15, 0.2) is 0 Å². The Hall–Kier alpha value is -3.47. The third-order valence-electron chi connectivity index (χ3n) is 3.72. The van der Waals surface area contributed by atoms with E-state index in [1.807, 2.05) is 72.8 Å². The maximum absolute atomic E-state index is 13.0. The van der Waals surface area contributed by atoms with E-state index in [-0.39, 0.29) is 5.56 Å². The Morgan fingerprint density at radius 2 is 1.50 bits per heavy atom. The topological polar surface area (TPSA) is 51.0 Å². The van der Waals surface area contributed by atoms with Crippen LogP contribution in [-0.4, -0.2) is 9.67 Å². The molecule has 0 atom stereocenters. The molecule has 0 radical (unpaired) electrons. The van der Waals surface area contributed by atoms with Crippen LogP contribution < -0.4 is 15.4 Å². The van der Waals surface area contributed by atoms with Crippen molar-refractivity contribution in [2.24, 2.45) is 0 Å². The van der Waals surface area contributed by atoms with Crippen LogP contribution in [-0.2, 0) is 0 Å². The number of nitrogens with one attached hydrogen (secondary N) is 1. The lowest BCUT2D eigenvalue weighted by Gasteiger charge is -2.11. The first kappa shape index (κ1) is 14.1. The van der Waals surface area contributed by atoms with Gasteiger partial charge in [0.25, 0.3) is 5.95 Å². The van der Waals surface area contributed by atoms with E-state index in [1.54, 1.807) is 21.3 Å². The molecule has 2 heterocycles. The minimum atomic E-state index is -0.129. The Morgan fingerprint density at radius 1 is 0.833 bits per heavy atom. The number of anilines is 2. The molecule has 0 saturated carbocycles. The van der Waals surface area contributed by atoms with Crippen molar-refractivity contribution in [2.75, 3.05) is 5.32 Å². The van der Waals surface area contributed by atoms with E-state index >= 15 is 0 Å². The monoisotopic (exact) mass is 315 g/mol. The first-order valence-electron chi connectivity index (χ1n) is 7.64. The number of pyridine rings is 1. The summed E-state index contributed by atoms with van der Waals surface area (Å²) in [6, 6.07) is 24.6. The maximum Gasteiger partial charge on any atom is 0.333 e. The quantitative estimate of drug-likeness (QED) is 0.591. The van der Waals surface area contributed by atoms with E-state index in [9.17, 15) is 4.79 Å². The average Bonchev–Trinajstić information content (AvgIpc) is 2.64. The van der Waals surface area contributed by atoms with Crippen molar-refractivity contribution < 1.29 is 4.52 Å². The average molecular weight is 315 g/mol. The molecule has 2 aromatic carbocycles. The van der Waals surface area contributed by atoms with Crippen LogP contribution in [0, 0.1) is 0 Å². The lowest BCUT2D eigenvalue weighted by molar-refractivity contribution is -0.580. The van der Waals surface area contributed by atoms with Crippen LogP contribution in [0.3, 0.4) is 0 Å². The molecule has 0 amide bonds. The second kappa shape index (κ2) is 5.96. The van der Waals surface area contributed by atoms with Gasteiger partial charge >= 0.3 is 11.1 Å². The number of benzene rings is 2. The third kappa shape index (κ3) is 2.52. The fraction of sp³-hybridized carbons (Fsp3) is 0. The Labute approximate surface area is 138 Å². The normalized spacial score (nSPS) is 10.7. The summed E-state index contributed by atoms with van der Waals surface area (Å²) in [5, 5.41) is 7.81. The number of rotatable bonds is 3. The molecule has 0 unspecified atom stereocenters. The van der Waals surface area contributed by atoms with Gasteiger partial charge in [-0.05, 0) is 34.8 Å². The van der Waals surface area contributed by atoms with Gasteiger partial charge in [-0.2, -0.15) is 0 Å². The Morgan fingerprint density at radius 3 is 2.25 bits per heavy atom. The number of para-hydroxylation sites is 2. The number of nitrogens with zero attached hydrogens (tertiary/aromatic N) is 3. The number of hydrogen-bond acceptors (Lipinski definition) is 3. The molecule has 2 aromatic heterocycles. The van der Waals surface area contributed by atoms with Crippen molar-refractivity contribution in [3.8, 4) is 5.69 Å². The third-order valence-corrected chi connectivity index (χ3v) is 3.72. The van der Waals surface area contributed by atoms with Gasteiger partial charge in [0.05, 0.1) is 5.69 Å². The molecule has 4 rings (SSSR count). The Kier molecular flexibility index (Phi) is 3.51. The Balaban J connectivity index is 1.98. The van der Waals surface area contributed by atoms with Crippen LogP contribution in [0.2, 0.25) is 0 Å². The zero-order chi connectivity index (χ0) is 16.4. The molecule has 0 aliphatic heterocycles. The lowest BCUT2D eigenvalue weighted by Crippen LogP contribution is -2.38. The lowest BCUT2D eigenvalue weighted by atomic mass is 10.3. The second-order valence-corrected chi connectivity index (χ2v) is 5.32. The number of hydrogen-bond donors (Lipinski definition) is 1. The van der Waals surface area contributed by atoms with Gasteiger partial charge in [-0.3, -0.25) is 4.79 Å². The summed E-state index contributed by atoms with van der Waals surface area (Å²) in [5.74, 6) is 0.459. The molecule has 0 fully saturated rings. The van der Waals surface area contributed by atoms with Crippen LogP contribution in [0.5, 0.6) is 0 Å². The smallest absolute Gasteiger partial charge is 0.320 e. The van der Waals surface area contributed by atoms with Crippen molar-refractivity contribution in [3.05, 3.63) is 95.4 Å². The summed E-state index contributed by atoms with van der Waals surface area (Å²) in [6.07, 6.45) is 1.77. The maximum atomic E-state index is 13.0. The highest BCUT2D eigenvalue weighted by atomic mass is 16.1. The first-order chi connectivity index (χ1) is 11.8. The number of aromatic nitrogens is 3. The van der Waals surface area contributed by atoms with E-state index in [1.165, 1.54) is 0 Å². The van der Waals surface area contributed by atoms with Crippen LogP contribution >= 0.6 is 0 Å². The zero-order valence-electron chi connectivity index (χ0n) is 12.8. The van der Waals surface area contributed by atoms with Gasteiger partial charge in [-0.25, -0.2) is 4.57 Å². The SMILES string of the molecule is O=c1c2cccc[n+]2nc(Nc2ccccc2)n1-c1ccccc1. The summed E-state index contributed by atoms with van der Waals surface area (Å²) in [6.45, 7) is 0. The second-order valence-electron chi connectivity index (χ2n) is 5.32. The highest BCUT2D eigenvalue weighted by Gasteiger charge is 2.18. The number of fused-ring (bicyclic) bond motifs is 1. The van der Waals surface area contributed by atoms with Crippen LogP contribution in [0.1, 0.15) is 0 Å². The molecule has 116 valence electrons. The van der Waals surface area contributed by atoms with Gasteiger partial charge in [0.2, 0.25) is 6.20 Å². The van der Waals surface area contributed by atoms with Crippen molar-refractivity contribution in [3.63, 3.8) is 0 Å². The van der Waals surface area contributed by atoms with Gasteiger partial charge in [0.1, 0.15) is 0 Å². The van der Waals surface area contributed by atoms with Crippen molar-refractivity contribution in [1.82, 2.24) is 9.67 Å². The van der Waals surface area contributed by atoms with E-state index < -0.39 is 0 Å². The molecular weight excluding hydrogens is 300 g/mol. The first-order valence-corrected chi connectivity index (χ1v) is 7.64. The summed E-state index contributed by atoms with van der Waals surface area (Å²) in [7, 11) is 0. The van der Waals surface area contributed by atoms with Gasteiger partial charge < -0.3 is 5.32 Å². The molecule has 0 saturated heterocycles. The van der Waals surface area contributed by atoms with Gasteiger partial charge in [-0.1, -0.05) is 36.4 Å². The largest absolute Gasteiger partial charge is 0.333 e. The van der Waals surface area contributed by atoms with E-state index in [0.29, 0.717) is 11.5 Å². The fourth-order valence-electron chi connectivity index (χ4n) is 2.60. The zero-order valence-corrected chi connectivity index (χ0v) is 12.8. The van der Waals surface area contributed by atoms with Crippen molar-refractivity contribution in [1.29, 1.82) is 0 Å². The highest BCUT2D eigenvalue weighted by molar-refractivity contribution is 5.56. The highest BCUT2D eigenvalue weighted by Crippen LogP contribution is 2.15. The molecular formula is C19H15N4O+. The predicted octanol–water partition coefficient (Wildman–Crippen LogP) is 2.71. The minimum Gasteiger partial charge on any atom is -0.320 e. The Bertz CT molecular complexity index is 1040. The minimum absolute atomic E-state index is 0.129. The molecule has 1 N–H and O–H groups in total. The van der Waals surface area contributed by atoms with Crippen LogP contribution in [0.4, 0.5) is 11.6 Å². The molecule has 5 nitrogen and oxygen atoms in total. The standard InChI is InChI=1S/C19H14N4O/c24-18-17-13-7-8-14-22(17)21-19(20-15-9-3-1-4-10-15)23(18)16-11-5-2-6-12-16/h1-14H/p+1. The summed E-state index contributed by atoms with van der Waals surface area (Å²) in [4.78, 5) is 13.0. The molecule has 0 spiro atoms. The molecule has 0 bridgehead atoms. The van der Waals surface area contributed by atoms with E-state index in [2.05, 4.69) is 10.4 Å². The molecule has 0 aliphatic rings. The van der Waals surface area contributed by atoms with E-state index in [0.717, 1.165) is 11.4 Å². The molecule has 4 aromatic rings. The molecule has 5 heteroatoms. The van der Waals surface area contributed by atoms with E-state index in [4.69, 9.17) is 0 Å². The summed E-state index contributed by atoms with van der Waals surface area (Å²) < 4.78 is 3.18. The van der Waals surface area contributed by atoms with Crippen molar-refractivity contribution >= 4 is 17.2 Å². The van der Waals surface area contributed by atoms with Gasteiger partial charge in [0, 0.05) is 22.9 Å². The summed E-state index contributed by atoms with van der Waals surface area (Å²) >= 11 is 0.